The van der Waals surface area contributed by atoms with Crippen LogP contribution in [0.15, 0.2) is 48.8 Å². The number of hydrogen-bond acceptors (Lipinski definition) is 7. The van der Waals surface area contributed by atoms with E-state index >= 15 is 0 Å². The highest BCUT2D eigenvalue weighted by Gasteiger charge is 2.30. The molecule has 0 unspecified atom stereocenters. The molecule has 1 aliphatic rings. The Morgan fingerprint density at radius 1 is 0.900 bits per heavy atom. The van der Waals surface area contributed by atoms with Gasteiger partial charge in [-0.05, 0) is 36.4 Å². The van der Waals surface area contributed by atoms with Gasteiger partial charge < -0.3 is 25.1 Å². The van der Waals surface area contributed by atoms with Crippen LogP contribution >= 0.6 is 0 Å². The Morgan fingerprint density at radius 2 is 1.67 bits per heavy atom. The Balaban J connectivity index is 1.44. The molecule has 2 aromatic heterocycles. The smallest absolute Gasteiger partial charge is 0.416 e. The van der Waals surface area contributed by atoms with E-state index in [1.54, 1.807) is 18.2 Å². The van der Waals surface area contributed by atoms with E-state index in [9.17, 15) is 13.2 Å². The standard InChI is InChI=1S/C19H13F3N6O2/c20-19(21,22)10-1-3-11(4-2-10)26-18-27-16-15(23-8-24-16)17(28-18)25-12-5-6-13-14(7-12)30-9-29-13/h1-8H,9H2,(H3,23,24,25,26,27,28). The van der Waals surface area contributed by atoms with Crippen molar-refractivity contribution in [3.8, 4) is 11.5 Å². The van der Waals surface area contributed by atoms with E-state index in [0.29, 0.717) is 39.9 Å². The van der Waals surface area contributed by atoms with Crippen LogP contribution in [0.2, 0.25) is 0 Å². The van der Waals surface area contributed by atoms with Crippen molar-refractivity contribution in [1.82, 2.24) is 19.9 Å². The Kier molecular flexibility index (Phi) is 4.09. The highest BCUT2D eigenvalue weighted by molar-refractivity contribution is 5.86. The third-order valence-electron chi connectivity index (χ3n) is 4.39. The van der Waals surface area contributed by atoms with Crippen LogP contribution in [0.25, 0.3) is 11.2 Å². The number of hydrogen-bond donors (Lipinski definition) is 3. The molecule has 0 amide bonds. The molecular weight excluding hydrogens is 401 g/mol. The van der Waals surface area contributed by atoms with Crippen LogP contribution < -0.4 is 20.1 Å². The second-order valence-corrected chi connectivity index (χ2v) is 6.39. The Hall–Kier alpha value is -4.02. The van der Waals surface area contributed by atoms with E-state index in [-0.39, 0.29) is 12.7 Å². The summed E-state index contributed by atoms with van der Waals surface area (Å²) in [5, 5.41) is 6.08. The lowest BCUT2D eigenvalue weighted by molar-refractivity contribution is -0.137. The fourth-order valence-electron chi connectivity index (χ4n) is 2.96. The molecule has 0 atom stereocenters. The third-order valence-corrected chi connectivity index (χ3v) is 4.39. The van der Waals surface area contributed by atoms with Gasteiger partial charge in [0, 0.05) is 17.4 Å². The molecule has 0 radical (unpaired) electrons. The molecule has 0 aliphatic carbocycles. The molecule has 30 heavy (non-hydrogen) atoms. The lowest BCUT2D eigenvalue weighted by Crippen LogP contribution is -2.05. The van der Waals surface area contributed by atoms with Crippen molar-refractivity contribution in [1.29, 1.82) is 0 Å². The summed E-state index contributed by atoms with van der Waals surface area (Å²) < 4.78 is 48.9. The molecule has 0 saturated carbocycles. The summed E-state index contributed by atoms with van der Waals surface area (Å²) in [6.07, 6.45) is -2.92. The predicted octanol–water partition coefficient (Wildman–Crippen LogP) is 4.59. The second-order valence-electron chi connectivity index (χ2n) is 6.39. The molecular formula is C19H13F3N6O2. The minimum atomic E-state index is -4.40. The second kappa shape index (κ2) is 6.79. The van der Waals surface area contributed by atoms with Crippen molar-refractivity contribution in [3.63, 3.8) is 0 Å². The Bertz CT molecular complexity index is 1220. The quantitative estimate of drug-likeness (QED) is 0.449. The van der Waals surface area contributed by atoms with Gasteiger partial charge in [-0.3, -0.25) is 0 Å². The number of rotatable bonds is 4. The van der Waals surface area contributed by atoms with E-state index in [1.165, 1.54) is 18.5 Å². The molecule has 0 fully saturated rings. The van der Waals surface area contributed by atoms with Gasteiger partial charge in [-0.25, -0.2) is 4.98 Å². The maximum Gasteiger partial charge on any atom is 0.416 e. The topological polar surface area (TPSA) is 97.0 Å². The van der Waals surface area contributed by atoms with Crippen molar-refractivity contribution in [2.45, 2.75) is 6.18 Å². The number of aromatic nitrogens is 4. The van der Waals surface area contributed by atoms with Gasteiger partial charge in [0.25, 0.3) is 0 Å². The minimum Gasteiger partial charge on any atom is -0.454 e. The van der Waals surface area contributed by atoms with Crippen LogP contribution in [0.1, 0.15) is 5.56 Å². The van der Waals surface area contributed by atoms with Crippen molar-refractivity contribution in [2.75, 3.05) is 17.4 Å². The third kappa shape index (κ3) is 3.41. The number of benzene rings is 2. The highest BCUT2D eigenvalue weighted by Crippen LogP contribution is 2.36. The van der Waals surface area contributed by atoms with Gasteiger partial charge in [0.2, 0.25) is 12.7 Å². The van der Waals surface area contributed by atoms with Gasteiger partial charge in [0.1, 0.15) is 5.52 Å². The molecule has 0 bridgehead atoms. The average molecular weight is 414 g/mol. The average Bonchev–Trinajstić information content (AvgIpc) is 3.36. The normalized spacial score (nSPS) is 12.9. The van der Waals surface area contributed by atoms with Crippen molar-refractivity contribution >= 4 is 34.3 Å². The molecule has 4 aromatic rings. The SMILES string of the molecule is FC(F)(F)c1ccc(Nc2nc(Nc3ccc4c(c3)OCO4)c3[nH]cnc3n2)cc1. The van der Waals surface area contributed by atoms with E-state index in [0.717, 1.165) is 12.1 Å². The number of anilines is 4. The number of alkyl halides is 3. The number of ether oxygens (including phenoxy) is 2. The first-order chi connectivity index (χ1) is 14.5. The number of H-pyrrole nitrogens is 1. The summed E-state index contributed by atoms with van der Waals surface area (Å²) in [6, 6.07) is 9.95. The molecule has 3 N–H and O–H groups in total. The maximum atomic E-state index is 12.7. The molecule has 1 aliphatic heterocycles. The highest BCUT2D eigenvalue weighted by atomic mass is 19.4. The van der Waals surface area contributed by atoms with E-state index in [1.807, 2.05) is 0 Å². The maximum absolute atomic E-state index is 12.7. The molecule has 11 heteroatoms. The van der Waals surface area contributed by atoms with Gasteiger partial charge in [0.15, 0.2) is 23.0 Å². The summed E-state index contributed by atoms with van der Waals surface area (Å²) in [5.74, 6) is 1.88. The van der Waals surface area contributed by atoms with Crippen LogP contribution in [-0.4, -0.2) is 26.7 Å². The molecule has 5 rings (SSSR count). The molecule has 3 heterocycles. The lowest BCUT2D eigenvalue weighted by Gasteiger charge is -2.11. The monoisotopic (exact) mass is 414 g/mol. The number of imidazole rings is 1. The molecule has 8 nitrogen and oxygen atoms in total. The summed E-state index contributed by atoms with van der Waals surface area (Å²) in [7, 11) is 0. The number of nitrogens with one attached hydrogen (secondary N) is 3. The number of nitrogens with zero attached hydrogens (tertiary/aromatic N) is 3. The Morgan fingerprint density at radius 3 is 2.47 bits per heavy atom. The zero-order valence-corrected chi connectivity index (χ0v) is 15.1. The summed E-state index contributed by atoms with van der Waals surface area (Å²) in [4.78, 5) is 15.8. The van der Waals surface area contributed by atoms with Crippen molar-refractivity contribution < 1.29 is 22.6 Å². The van der Waals surface area contributed by atoms with E-state index in [4.69, 9.17) is 9.47 Å². The van der Waals surface area contributed by atoms with Crippen LogP contribution in [0.5, 0.6) is 11.5 Å². The van der Waals surface area contributed by atoms with Crippen LogP contribution in [0.4, 0.5) is 36.3 Å². The van der Waals surface area contributed by atoms with Crippen molar-refractivity contribution in [3.05, 3.63) is 54.4 Å². The van der Waals surface area contributed by atoms with Crippen LogP contribution in [-0.2, 0) is 6.18 Å². The summed E-state index contributed by atoms with van der Waals surface area (Å²) in [5.41, 5.74) is 1.34. The molecule has 2 aromatic carbocycles. The van der Waals surface area contributed by atoms with E-state index in [2.05, 4.69) is 30.6 Å². The van der Waals surface area contributed by atoms with Gasteiger partial charge in [-0.15, -0.1) is 0 Å². The first kappa shape index (κ1) is 18.0. The fourth-order valence-corrected chi connectivity index (χ4v) is 2.96. The number of halogens is 3. The van der Waals surface area contributed by atoms with Crippen LogP contribution in [0, 0.1) is 0 Å². The number of aromatic amines is 1. The first-order valence-electron chi connectivity index (χ1n) is 8.78. The van der Waals surface area contributed by atoms with Gasteiger partial charge in [0.05, 0.1) is 11.9 Å². The zero-order chi connectivity index (χ0) is 20.7. The molecule has 0 spiro atoms. The minimum absolute atomic E-state index is 0.165. The molecule has 0 saturated heterocycles. The summed E-state index contributed by atoms with van der Waals surface area (Å²) >= 11 is 0. The molecule has 152 valence electrons. The van der Waals surface area contributed by atoms with Gasteiger partial charge in [-0.2, -0.15) is 23.1 Å². The Labute approximate surface area is 167 Å². The van der Waals surface area contributed by atoms with Crippen molar-refractivity contribution in [2.24, 2.45) is 0 Å². The largest absolute Gasteiger partial charge is 0.454 e. The van der Waals surface area contributed by atoms with Gasteiger partial charge >= 0.3 is 6.18 Å². The van der Waals surface area contributed by atoms with Crippen LogP contribution in [0.3, 0.4) is 0 Å². The van der Waals surface area contributed by atoms with Gasteiger partial charge in [-0.1, -0.05) is 0 Å². The predicted molar refractivity (Wildman–Crippen MR) is 102 cm³/mol. The zero-order valence-electron chi connectivity index (χ0n) is 15.1. The lowest BCUT2D eigenvalue weighted by atomic mass is 10.2. The fraction of sp³-hybridized carbons (Fsp3) is 0.105. The number of fused-ring (bicyclic) bond motifs is 2. The summed E-state index contributed by atoms with van der Waals surface area (Å²) in [6.45, 7) is 0.165. The first-order valence-corrected chi connectivity index (χ1v) is 8.78. The van der Waals surface area contributed by atoms with E-state index < -0.39 is 11.7 Å².